The van der Waals surface area contributed by atoms with Gasteiger partial charge in [0.05, 0.1) is 21.5 Å². The third-order valence-electron chi connectivity index (χ3n) is 4.25. The van der Waals surface area contributed by atoms with E-state index in [9.17, 15) is 4.79 Å². The zero-order valence-corrected chi connectivity index (χ0v) is 18.8. The fourth-order valence-corrected chi connectivity index (χ4v) is 5.70. The number of halogens is 1. The monoisotopic (exact) mass is 463 g/mol. The van der Waals surface area contributed by atoms with Crippen molar-refractivity contribution >= 4 is 56.9 Å². The molecule has 150 valence electrons. The van der Waals surface area contributed by atoms with Crippen LogP contribution in [-0.4, -0.2) is 28.3 Å². The molecule has 0 saturated carbocycles. The summed E-state index contributed by atoms with van der Waals surface area (Å²) in [5.74, 6) is 0.644. The van der Waals surface area contributed by atoms with Crippen molar-refractivity contribution in [3.8, 4) is 9.88 Å². The zero-order chi connectivity index (χ0) is 20.2. The first-order valence-electron chi connectivity index (χ1n) is 8.96. The molecule has 0 unspecified atom stereocenters. The van der Waals surface area contributed by atoms with E-state index in [0.29, 0.717) is 40.0 Å². The predicted octanol–water partition coefficient (Wildman–Crippen LogP) is 5.56. The number of ether oxygens (including phenoxy) is 1. The van der Waals surface area contributed by atoms with E-state index in [0.717, 1.165) is 17.1 Å². The summed E-state index contributed by atoms with van der Waals surface area (Å²) in [5, 5.41) is 6.95. The number of methoxy groups -OCH3 is 1. The van der Waals surface area contributed by atoms with E-state index in [4.69, 9.17) is 26.3 Å². The van der Waals surface area contributed by atoms with E-state index in [2.05, 4.69) is 11.4 Å². The summed E-state index contributed by atoms with van der Waals surface area (Å²) in [4.78, 5) is 23.7. The summed E-state index contributed by atoms with van der Waals surface area (Å²) in [6, 6.07) is 9.30. The summed E-state index contributed by atoms with van der Waals surface area (Å²) < 4.78 is 6.87. The summed E-state index contributed by atoms with van der Waals surface area (Å²) >= 11 is 10.9. The molecule has 0 bridgehead atoms. The number of aromatic nitrogens is 3. The lowest BCUT2D eigenvalue weighted by atomic mass is 10.2. The van der Waals surface area contributed by atoms with Gasteiger partial charge < -0.3 is 4.74 Å². The van der Waals surface area contributed by atoms with E-state index in [1.807, 2.05) is 11.4 Å². The molecule has 3 heterocycles. The molecule has 0 spiro atoms. The van der Waals surface area contributed by atoms with Gasteiger partial charge in [-0.05, 0) is 36.1 Å². The number of fused-ring (bicyclic) bond motifs is 1. The maximum atomic E-state index is 13.0. The standard InChI is InChI=1S/C20H18ClN3O2S3/c1-26-8-3-7-24-19(25)15-6-5-13(21)10-16(15)23-20(24)29-12-14-11-28-18(22-14)17-4-2-9-27-17/h2,4-6,9-11H,3,7-8,12H2,1H3. The lowest BCUT2D eigenvalue weighted by molar-refractivity contribution is 0.189. The lowest BCUT2D eigenvalue weighted by Crippen LogP contribution is -2.24. The first-order valence-corrected chi connectivity index (χ1v) is 12.1. The summed E-state index contributed by atoms with van der Waals surface area (Å²) in [6.45, 7) is 1.14. The highest BCUT2D eigenvalue weighted by Gasteiger charge is 2.13. The van der Waals surface area contributed by atoms with Gasteiger partial charge in [0, 0.05) is 36.4 Å². The molecule has 0 saturated heterocycles. The Morgan fingerprint density at radius 1 is 1.24 bits per heavy atom. The Bertz CT molecular complexity index is 1170. The zero-order valence-electron chi connectivity index (χ0n) is 15.6. The Morgan fingerprint density at radius 3 is 2.93 bits per heavy atom. The minimum absolute atomic E-state index is 0.0529. The highest BCUT2D eigenvalue weighted by molar-refractivity contribution is 7.98. The Morgan fingerprint density at radius 2 is 2.14 bits per heavy atom. The number of hydrogen-bond acceptors (Lipinski definition) is 7. The second-order valence-electron chi connectivity index (χ2n) is 6.27. The van der Waals surface area contributed by atoms with Gasteiger partial charge in [-0.1, -0.05) is 29.4 Å². The van der Waals surface area contributed by atoms with Crippen LogP contribution in [0.4, 0.5) is 0 Å². The maximum Gasteiger partial charge on any atom is 0.262 e. The number of hydrogen-bond donors (Lipinski definition) is 0. The van der Waals surface area contributed by atoms with E-state index in [1.165, 1.54) is 16.6 Å². The van der Waals surface area contributed by atoms with Gasteiger partial charge in [0.2, 0.25) is 0 Å². The number of rotatable bonds is 8. The van der Waals surface area contributed by atoms with Crippen LogP contribution in [0.25, 0.3) is 20.8 Å². The van der Waals surface area contributed by atoms with Crippen molar-refractivity contribution in [1.29, 1.82) is 0 Å². The van der Waals surface area contributed by atoms with Crippen LogP contribution in [0.15, 0.2) is 51.0 Å². The van der Waals surface area contributed by atoms with Gasteiger partial charge in [-0.3, -0.25) is 9.36 Å². The van der Waals surface area contributed by atoms with E-state index in [1.54, 1.807) is 52.5 Å². The van der Waals surface area contributed by atoms with Crippen molar-refractivity contribution in [1.82, 2.24) is 14.5 Å². The van der Waals surface area contributed by atoms with E-state index < -0.39 is 0 Å². The highest BCUT2D eigenvalue weighted by atomic mass is 35.5. The molecule has 0 radical (unpaired) electrons. The molecule has 0 N–H and O–H groups in total. The number of nitrogens with zero attached hydrogens (tertiary/aromatic N) is 3. The first-order chi connectivity index (χ1) is 14.2. The third-order valence-corrected chi connectivity index (χ3v) is 7.42. The molecule has 4 aromatic rings. The molecule has 0 amide bonds. The largest absolute Gasteiger partial charge is 0.385 e. The third kappa shape index (κ3) is 4.73. The van der Waals surface area contributed by atoms with Crippen molar-refractivity contribution in [2.75, 3.05) is 13.7 Å². The minimum Gasteiger partial charge on any atom is -0.385 e. The average molecular weight is 464 g/mol. The van der Waals surface area contributed by atoms with Crippen LogP contribution < -0.4 is 5.56 Å². The molecule has 0 aliphatic heterocycles. The van der Waals surface area contributed by atoms with Crippen LogP contribution in [0.5, 0.6) is 0 Å². The lowest BCUT2D eigenvalue weighted by Gasteiger charge is -2.12. The van der Waals surface area contributed by atoms with E-state index >= 15 is 0 Å². The van der Waals surface area contributed by atoms with Gasteiger partial charge in [-0.25, -0.2) is 9.97 Å². The van der Waals surface area contributed by atoms with Crippen molar-refractivity contribution in [3.05, 3.63) is 62.2 Å². The fourth-order valence-electron chi connectivity index (χ4n) is 2.87. The second-order valence-corrected chi connectivity index (χ2v) is 9.45. The molecule has 4 rings (SSSR count). The van der Waals surface area contributed by atoms with Crippen LogP contribution in [0, 0.1) is 0 Å². The van der Waals surface area contributed by atoms with Gasteiger partial charge in [0.15, 0.2) is 5.16 Å². The van der Waals surface area contributed by atoms with Crippen molar-refractivity contribution in [3.63, 3.8) is 0 Å². The normalized spacial score (nSPS) is 11.4. The topological polar surface area (TPSA) is 57.0 Å². The maximum absolute atomic E-state index is 13.0. The first kappa shape index (κ1) is 20.6. The van der Waals surface area contributed by atoms with Crippen molar-refractivity contribution in [2.24, 2.45) is 0 Å². The Kier molecular flexibility index (Phi) is 6.67. The Hall–Kier alpha value is -1.71. The summed E-state index contributed by atoms with van der Waals surface area (Å²) in [6.07, 6.45) is 0.740. The molecule has 29 heavy (non-hydrogen) atoms. The van der Waals surface area contributed by atoms with Crippen LogP contribution >= 0.6 is 46.0 Å². The van der Waals surface area contributed by atoms with Crippen LogP contribution in [0.1, 0.15) is 12.1 Å². The highest BCUT2D eigenvalue weighted by Crippen LogP contribution is 2.30. The quantitative estimate of drug-likeness (QED) is 0.194. The number of benzene rings is 1. The van der Waals surface area contributed by atoms with Gasteiger partial charge in [0.25, 0.3) is 5.56 Å². The molecule has 0 fully saturated rings. The molecule has 0 aliphatic rings. The second kappa shape index (κ2) is 9.40. The van der Waals surface area contributed by atoms with Crippen LogP contribution in [0.2, 0.25) is 5.02 Å². The number of thiazole rings is 1. The smallest absolute Gasteiger partial charge is 0.262 e. The van der Waals surface area contributed by atoms with Gasteiger partial charge in [0.1, 0.15) is 5.01 Å². The van der Waals surface area contributed by atoms with Gasteiger partial charge in [-0.15, -0.1) is 22.7 Å². The van der Waals surface area contributed by atoms with Gasteiger partial charge in [-0.2, -0.15) is 0 Å². The predicted molar refractivity (Wildman–Crippen MR) is 122 cm³/mol. The van der Waals surface area contributed by atoms with Crippen LogP contribution in [0.3, 0.4) is 0 Å². The van der Waals surface area contributed by atoms with Crippen molar-refractivity contribution in [2.45, 2.75) is 23.9 Å². The minimum atomic E-state index is -0.0529. The number of thioether (sulfide) groups is 1. The average Bonchev–Trinajstić information content (AvgIpc) is 3.40. The molecule has 5 nitrogen and oxygen atoms in total. The summed E-state index contributed by atoms with van der Waals surface area (Å²) in [7, 11) is 1.66. The molecular weight excluding hydrogens is 446 g/mol. The molecule has 3 aromatic heterocycles. The van der Waals surface area contributed by atoms with Gasteiger partial charge >= 0.3 is 0 Å². The van der Waals surface area contributed by atoms with Crippen molar-refractivity contribution < 1.29 is 4.74 Å². The van der Waals surface area contributed by atoms with Crippen LogP contribution in [-0.2, 0) is 17.0 Å². The molecule has 0 atom stereocenters. The molecule has 0 aliphatic carbocycles. The molecule has 9 heteroatoms. The Balaban J connectivity index is 1.62. The molecular formula is C20H18ClN3O2S3. The SMILES string of the molecule is COCCCn1c(SCc2csc(-c3cccs3)n2)nc2cc(Cl)ccc2c1=O. The molecule has 1 aromatic carbocycles. The Labute approximate surface area is 185 Å². The fraction of sp³-hybridized carbons (Fsp3) is 0.250. The van der Waals surface area contributed by atoms with E-state index in [-0.39, 0.29) is 5.56 Å². The number of thiophene rings is 1. The summed E-state index contributed by atoms with van der Waals surface area (Å²) in [5.41, 5.74) is 1.54.